The number of halogens is 2. The lowest BCUT2D eigenvalue weighted by atomic mass is 9.90. The average Bonchev–Trinajstić information content (AvgIpc) is 2.44. The van der Waals surface area contributed by atoms with Crippen molar-refractivity contribution in [2.75, 3.05) is 0 Å². The van der Waals surface area contributed by atoms with Gasteiger partial charge in [-0.25, -0.2) is 0 Å². The largest absolute Gasteiger partial charge is 0.111 e. The summed E-state index contributed by atoms with van der Waals surface area (Å²) in [6, 6.07) is 17.1. The van der Waals surface area contributed by atoms with E-state index in [9.17, 15) is 0 Å². The Morgan fingerprint density at radius 1 is 0.800 bits per heavy atom. The SMILES string of the molecule is Cl[C]1CC(Cl)=Cc2ccc3cc4ccccc4cc3c21. The van der Waals surface area contributed by atoms with Crippen molar-refractivity contribution in [1.82, 2.24) is 0 Å². The minimum absolute atomic E-state index is 0.627. The highest BCUT2D eigenvalue weighted by Crippen LogP contribution is 2.41. The molecule has 3 aromatic carbocycles. The molecular formula is C18H11Cl2. The zero-order valence-corrected chi connectivity index (χ0v) is 12.2. The first-order valence-corrected chi connectivity index (χ1v) is 7.31. The summed E-state index contributed by atoms with van der Waals surface area (Å²) in [5.41, 5.74) is 2.23. The van der Waals surface area contributed by atoms with Gasteiger partial charge in [0.15, 0.2) is 0 Å². The van der Waals surface area contributed by atoms with Gasteiger partial charge in [0.25, 0.3) is 0 Å². The molecule has 0 unspecified atom stereocenters. The van der Waals surface area contributed by atoms with Crippen LogP contribution in [0, 0.1) is 5.38 Å². The summed E-state index contributed by atoms with van der Waals surface area (Å²) in [7, 11) is 0. The Bertz CT molecular complexity index is 862. The second kappa shape index (κ2) is 4.51. The molecule has 0 heterocycles. The summed E-state index contributed by atoms with van der Waals surface area (Å²) >= 11 is 12.6. The first-order valence-electron chi connectivity index (χ1n) is 6.56. The fourth-order valence-corrected chi connectivity index (χ4v) is 3.58. The van der Waals surface area contributed by atoms with Crippen LogP contribution >= 0.6 is 23.2 Å². The molecular weight excluding hydrogens is 287 g/mol. The molecule has 1 aliphatic carbocycles. The van der Waals surface area contributed by atoms with Crippen molar-refractivity contribution >= 4 is 50.8 Å². The van der Waals surface area contributed by atoms with Crippen LogP contribution in [-0.2, 0) is 0 Å². The van der Waals surface area contributed by atoms with Crippen molar-refractivity contribution < 1.29 is 0 Å². The molecule has 0 N–H and O–H groups in total. The molecule has 3 aromatic rings. The van der Waals surface area contributed by atoms with E-state index in [4.69, 9.17) is 23.2 Å². The molecule has 1 aliphatic rings. The highest BCUT2D eigenvalue weighted by Gasteiger charge is 2.21. The van der Waals surface area contributed by atoms with Gasteiger partial charge >= 0.3 is 0 Å². The standard InChI is InChI=1S/C18H11Cl2/c19-15-8-14-6-5-13-7-11-3-1-2-4-12(11)9-16(13)18(14)17(20)10-15/h1-9H,10H2. The molecule has 0 spiro atoms. The second-order valence-electron chi connectivity index (χ2n) is 5.12. The zero-order chi connectivity index (χ0) is 13.7. The number of hydrogen-bond donors (Lipinski definition) is 0. The van der Waals surface area contributed by atoms with Crippen LogP contribution in [0.3, 0.4) is 0 Å². The molecule has 97 valence electrons. The summed E-state index contributed by atoms with van der Waals surface area (Å²) < 4.78 is 0. The Balaban J connectivity index is 2.13. The number of fused-ring (bicyclic) bond motifs is 4. The predicted octanol–water partition coefficient (Wildman–Crippen LogP) is 6.10. The van der Waals surface area contributed by atoms with Crippen molar-refractivity contribution in [3.63, 3.8) is 0 Å². The third-order valence-corrected chi connectivity index (χ3v) is 4.39. The van der Waals surface area contributed by atoms with Crippen LogP contribution < -0.4 is 0 Å². The van der Waals surface area contributed by atoms with Crippen LogP contribution in [-0.4, -0.2) is 0 Å². The number of hydrogen-bond acceptors (Lipinski definition) is 0. The maximum absolute atomic E-state index is 6.46. The molecule has 4 rings (SSSR count). The minimum Gasteiger partial charge on any atom is -0.111 e. The van der Waals surface area contributed by atoms with E-state index in [1.165, 1.54) is 21.5 Å². The van der Waals surface area contributed by atoms with Crippen molar-refractivity contribution in [3.05, 3.63) is 70.1 Å². The van der Waals surface area contributed by atoms with Gasteiger partial charge in [0, 0.05) is 11.5 Å². The lowest BCUT2D eigenvalue weighted by molar-refractivity contribution is 1.16. The van der Waals surface area contributed by atoms with Crippen molar-refractivity contribution in [3.8, 4) is 0 Å². The summed E-state index contributed by atoms with van der Waals surface area (Å²) in [5, 5.41) is 6.52. The first-order chi connectivity index (χ1) is 9.72. The lowest BCUT2D eigenvalue weighted by Crippen LogP contribution is -2.02. The average molecular weight is 298 g/mol. The Morgan fingerprint density at radius 3 is 2.35 bits per heavy atom. The van der Waals surface area contributed by atoms with Crippen LogP contribution in [0.2, 0.25) is 0 Å². The molecule has 0 amide bonds. The Labute approximate surface area is 127 Å². The van der Waals surface area contributed by atoms with Gasteiger partial charge in [-0.2, -0.15) is 0 Å². The monoisotopic (exact) mass is 297 g/mol. The van der Waals surface area contributed by atoms with E-state index >= 15 is 0 Å². The van der Waals surface area contributed by atoms with Crippen molar-refractivity contribution in [1.29, 1.82) is 0 Å². The fraction of sp³-hybridized carbons (Fsp3) is 0.0556. The molecule has 0 aromatic heterocycles. The smallest absolute Gasteiger partial charge is 0.0991 e. The maximum Gasteiger partial charge on any atom is 0.0991 e. The fourth-order valence-electron chi connectivity index (χ4n) is 2.91. The van der Waals surface area contributed by atoms with Gasteiger partial charge in [0.1, 0.15) is 0 Å². The van der Waals surface area contributed by atoms with E-state index < -0.39 is 0 Å². The summed E-state index contributed by atoms with van der Waals surface area (Å²) in [6.07, 6.45) is 2.64. The van der Waals surface area contributed by atoms with Gasteiger partial charge in [-0.05, 0) is 50.9 Å². The number of benzene rings is 3. The van der Waals surface area contributed by atoms with Gasteiger partial charge in [0.05, 0.1) is 5.38 Å². The molecule has 0 saturated heterocycles. The Kier molecular flexibility index (Phi) is 2.76. The number of rotatable bonds is 0. The van der Waals surface area contributed by atoms with Crippen LogP contribution in [0.1, 0.15) is 17.5 Å². The first kappa shape index (κ1) is 12.3. The third-order valence-electron chi connectivity index (χ3n) is 3.83. The molecule has 0 fully saturated rings. The molecule has 0 bridgehead atoms. The molecule has 20 heavy (non-hydrogen) atoms. The lowest BCUT2D eigenvalue weighted by Gasteiger charge is -2.20. The van der Waals surface area contributed by atoms with E-state index in [0.29, 0.717) is 6.42 Å². The molecule has 2 heteroatoms. The Morgan fingerprint density at radius 2 is 1.55 bits per heavy atom. The van der Waals surface area contributed by atoms with Gasteiger partial charge < -0.3 is 0 Å². The van der Waals surface area contributed by atoms with E-state index in [0.717, 1.165) is 21.5 Å². The van der Waals surface area contributed by atoms with Gasteiger partial charge in [-0.3, -0.25) is 0 Å². The van der Waals surface area contributed by atoms with Gasteiger partial charge in [-0.1, -0.05) is 48.0 Å². The molecule has 0 saturated carbocycles. The predicted molar refractivity (Wildman–Crippen MR) is 88.1 cm³/mol. The van der Waals surface area contributed by atoms with Crippen molar-refractivity contribution in [2.24, 2.45) is 0 Å². The van der Waals surface area contributed by atoms with E-state index in [-0.39, 0.29) is 0 Å². The quantitative estimate of drug-likeness (QED) is 0.440. The molecule has 0 aliphatic heterocycles. The highest BCUT2D eigenvalue weighted by atomic mass is 35.5. The topological polar surface area (TPSA) is 0 Å². The Hall–Kier alpha value is -1.50. The van der Waals surface area contributed by atoms with E-state index in [1.54, 1.807) is 0 Å². The van der Waals surface area contributed by atoms with Crippen LogP contribution in [0.25, 0.3) is 27.6 Å². The summed E-state index contributed by atoms with van der Waals surface area (Å²) in [6.45, 7) is 0. The van der Waals surface area contributed by atoms with E-state index in [2.05, 4.69) is 48.5 Å². The van der Waals surface area contributed by atoms with Crippen molar-refractivity contribution in [2.45, 2.75) is 6.42 Å². The zero-order valence-electron chi connectivity index (χ0n) is 10.7. The number of allylic oxidation sites excluding steroid dienone is 1. The highest BCUT2D eigenvalue weighted by molar-refractivity contribution is 6.36. The summed E-state index contributed by atoms with van der Waals surface area (Å²) in [4.78, 5) is 0. The second-order valence-corrected chi connectivity index (χ2v) is 6.06. The molecule has 1 radical (unpaired) electrons. The minimum atomic E-state index is 0.627. The van der Waals surface area contributed by atoms with Crippen LogP contribution in [0.5, 0.6) is 0 Å². The van der Waals surface area contributed by atoms with Gasteiger partial charge in [-0.15, -0.1) is 11.6 Å². The van der Waals surface area contributed by atoms with E-state index in [1.807, 2.05) is 6.08 Å². The maximum atomic E-state index is 6.46. The summed E-state index contributed by atoms with van der Waals surface area (Å²) in [5.74, 6) is 0. The normalized spacial score (nSPS) is 15.4. The van der Waals surface area contributed by atoms with Gasteiger partial charge in [0.2, 0.25) is 0 Å². The van der Waals surface area contributed by atoms with Crippen LogP contribution in [0.4, 0.5) is 0 Å². The molecule has 0 atom stereocenters. The molecule has 0 nitrogen and oxygen atoms in total. The third kappa shape index (κ3) is 1.83. The van der Waals surface area contributed by atoms with Crippen LogP contribution in [0.15, 0.2) is 53.6 Å².